The summed E-state index contributed by atoms with van der Waals surface area (Å²) in [5.41, 5.74) is 3.82. The van der Waals surface area contributed by atoms with E-state index in [1.807, 2.05) is 6.07 Å². The quantitative estimate of drug-likeness (QED) is 0.773. The van der Waals surface area contributed by atoms with E-state index in [0.717, 1.165) is 22.9 Å². The Morgan fingerprint density at radius 1 is 1.32 bits per heavy atom. The number of nitrogens with zero attached hydrogens (tertiary/aromatic N) is 1. The lowest BCUT2D eigenvalue weighted by Gasteiger charge is -2.11. The first-order valence-corrected chi connectivity index (χ1v) is 7.39. The molecule has 1 atom stereocenters. The Balaban J connectivity index is 1.94. The first-order chi connectivity index (χ1) is 9.28. The van der Waals surface area contributed by atoms with Crippen molar-refractivity contribution in [1.29, 1.82) is 0 Å². The van der Waals surface area contributed by atoms with Crippen LogP contribution in [0.25, 0.3) is 0 Å². The Morgan fingerprint density at radius 2 is 2.16 bits per heavy atom. The molecular weight excluding hydrogens is 278 g/mol. The molecule has 2 aromatic rings. The van der Waals surface area contributed by atoms with Crippen molar-refractivity contribution in [2.45, 2.75) is 18.8 Å². The van der Waals surface area contributed by atoms with Gasteiger partial charge in [-0.25, -0.2) is 0 Å². The van der Waals surface area contributed by atoms with Crippen LogP contribution in [0.4, 0.5) is 0 Å². The second-order valence-electron chi connectivity index (χ2n) is 4.60. The fourth-order valence-electron chi connectivity index (χ4n) is 2.64. The molecule has 2 nitrogen and oxygen atoms in total. The van der Waals surface area contributed by atoms with E-state index in [1.54, 1.807) is 18.4 Å². The molecule has 0 saturated carbocycles. The van der Waals surface area contributed by atoms with E-state index in [2.05, 4.69) is 35.5 Å². The van der Waals surface area contributed by atoms with Crippen LogP contribution in [0.2, 0.25) is 4.34 Å². The van der Waals surface area contributed by atoms with Crippen LogP contribution in [0, 0.1) is 0 Å². The number of oxime groups is 1. The molecule has 0 saturated heterocycles. The van der Waals surface area contributed by atoms with Crippen LogP contribution in [0.3, 0.4) is 0 Å². The van der Waals surface area contributed by atoms with Gasteiger partial charge in [0.15, 0.2) is 0 Å². The number of hydrogen-bond acceptors (Lipinski definition) is 3. The maximum Gasteiger partial charge on any atom is 0.106 e. The van der Waals surface area contributed by atoms with Crippen LogP contribution < -0.4 is 0 Å². The zero-order valence-electron chi connectivity index (χ0n) is 10.6. The van der Waals surface area contributed by atoms with Crippen molar-refractivity contribution >= 4 is 28.6 Å². The molecule has 0 amide bonds. The van der Waals surface area contributed by atoms with Crippen molar-refractivity contribution in [3.63, 3.8) is 0 Å². The molecule has 1 aliphatic carbocycles. The highest BCUT2D eigenvalue weighted by Crippen LogP contribution is 2.35. The van der Waals surface area contributed by atoms with Crippen LogP contribution in [0.5, 0.6) is 0 Å². The molecule has 0 aliphatic heterocycles. The molecule has 0 spiro atoms. The summed E-state index contributed by atoms with van der Waals surface area (Å²) in [6.45, 7) is 0. The van der Waals surface area contributed by atoms with Gasteiger partial charge in [-0.15, -0.1) is 11.3 Å². The summed E-state index contributed by atoms with van der Waals surface area (Å²) in [5.74, 6) is 0.311. The fraction of sp³-hybridized carbons (Fsp3) is 0.267. The predicted molar refractivity (Wildman–Crippen MR) is 80.4 cm³/mol. The molecular formula is C15H14ClNOS. The second-order valence-corrected chi connectivity index (χ2v) is 6.40. The summed E-state index contributed by atoms with van der Waals surface area (Å²) < 4.78 is 0.839. The van der Waals surface area contributed by atoms with Gasteiger partial charge in [-0.2, -0.15) is 0 Å². The molecule has 1 aliphatic rings. The Labute approximate surface area is 121 Å². The zero-order valence-corrected chi connectivity index (χ0v) is 12.2. The van der Waals surface area contributed by atoms with Gasteiger partial charge >= 0.3 is 0 Å². The third-order valence-electron chi connectivity index (χ3n) is 3.45. The first kappa shape index (κ1) is 12.7. The predicted octanol–water partition coefficient (Wildman–Crippen LogP) is 4.29. The largest absolute Gasteiger partial charge is 0.399 e. The number of hydrogen-bond donors (Lipinski definition) is 0. The van der Waals surface area contributed by atoms with Crippen molar-refractivity contribution < 1.29 is 4.84 Å². The Kier molecular flexibility index (Phi) is 3.58. The van der Waals surface area contributed by atoms with Gasteiger partial charge in [0.05, 0.1) is 10.0 Å². The molecule has 0 bridgehead atoms. The molecule has 0 radical (unpaired) electrons. The molecule has 1 unspecified atom stereocenters. The Bertz CT molecular complexity index is 620. The van der Waals surface area contributed by atoms with E-state index in [1.165, 1.54) is 16.0 Å². The normalized spacial score (nSPS) is 19.7. The topological polar surface area (TPSA) is 21.6 Å². The number of rotatable bonds is 3. The second kappa shape index (κ2) is 5.35. The van der Waals surface area contributed by atoms with Gasteiger partial charge in [-0.05, 0) is 29.7 Å². The van der Waals surface area contributed by atoms with Crippen molar-refractivity contribution in [2.75, 3.05) is 7.11 Å². The van der Waals surface area contributed by atoms with E-state index in [-0.39, 0.29) is 0 Å². The minimum atomic E-state index is 0.311. The number of thiophene rings is 1. The standard InChI is InChI=1S/C15H14ClNOS/c1-18-17-14-8-10-4-2-3-5-12(10)13(14)9-11-6-7-15(16)19-11/h2-7,13H,8-9H2,1H3. The van der Waals surface area contributed by atoms with Crippen LogP contribution in [0.1, 0.15) is 21.9 Å². The minimum Gasteiger partial charge on any atom is -0.399 e. The van der Waals surface area contributed by atoms with Gasteiger partial charge in [0.1, 0.15) is 7.11 Å². The van der Waals surface area contributed by atoms with E-state index in [0.29, 0.717) is 5.92 Å². The van der Waals surface area contributed by atoms with Gasteiger partial charge in [0.2, 0.25) is 0 Å². The van der Waals surface area contributed by atoms with Gasteiger partial charge in [0.25, 0.3) is 0 Å². The highest BCUT2D eigenvalue weighted by molar-refractivity contribution is 7.16. The first-order valence-electron chi connectivity index (χ1n) is 6.20. The molecule has 19 heavy (non-hydrogen) atoms. The van der Waals surface area contributed by atoms with Gasteiger partial charge in [-0.1, -0.05) is 41.0 Å². The minimum absolute atomic E-state index is 0.311. The van der Waals surface area contributed by atoms with Crippen LogP contribution >= 0.6 is 22.9 Å². The molecule has 4 heteroatoms. The summed E-state index contributed by atoms with van der Waals surface area (Å²) >= 11 is 7.65. The molecule has 0 N–H and O–H groups in total. The number of fused-ring (bicyclic) bond motifs is 1. The van der Waals surface area contributed by atoms with Crippen molar-refractivity contribution in [2.24, 2.45) is 5.16 Å². The van der Waals surface area contributed by atoms with Crippen LogP contribution in [-0.2, 0) is 17.7 Å². The lowest BCUT2D eigenvalue weighted by atomic mass is 9.96. The molecule has 0 fully saturated rings. The number of benzene rings is 1. The monoisotopic (exact) mass is 291 g/mol. The average Bonchev–Trinajstić information content (AvgIpc) is 2.96. The SMILES string of the molecule is CON=C1Cc2ccccc2C1Cc1ccc(Cl)s1. The highest BCUT2D eigenvalue weighted by Gasteiger charge is 2.29. The lowest BCUT2D eigenvalue weighted by Crippen LogP contribution is -2.09. The van der Waals surface area contributed by atoms with E-state index < -0.39 is 0 Å². The molecule has 3 rings (SSSR count). The van der Waals surface area contributed by atoms with Crippen molar-refractivity contribution in [1.82, 2.24) is 0 Å². The zero-order chi connectivity index (χ0) is 13.2. The fourth-order valence-corrected chi connectivity index (χ4v) is 3.77. The van der Waals surface area contributed by atoms with Gasteiger partial charge < -0.3 is 4.84 Å². The van der Waals surface area contributed by atoms with Gasteiger partial charge in [-0.3, -0.25) is 0 Å². The lowest BCUT2D eigenvalue weighted by molar-refractivity contribution is 0.211. The average molecular weight is 292 g/mol. The highest BCUT2D eigenvalue weighted by atomic mass is 35.5. The van der Waals surface area contributed by atoms with Crippen LogP contribution in [0.15, 0.2) is 41.6 Å². The maximum absolute atomic E-state index is 6.01. The maximum atomic E-state index is 6.01. The molecule has 98 valence electrons. The van der Waals surface area contributed by atoms with Crippen LogP contribution in [-0.4, -0.2) is 12.8 Å². The summed E-state index contributed by atoms with van der Waals surface area (Å²) in [6.07, 6.45) is 1.82. The van der Waals surface area contributed by atoms with Crippen molar-refractivity contribution in [3.05, 3.63) is 56.7 Å². The van der Waals surface area contributed by atoms with Gasteiger partial charge in [0, 0.05) is 17.2 Å². The summed E-state index contributed by atoms with van der Waals surface area (Å²) in [5, 5.41) is 4.21. The third kappa shape index (κ3) is 2.53. The van der Waals surface area contributed by atoms with E-state index in [4.69, 9.17) is 16.4 Å². The summed E-state index contributed by atoms with van der Waals surface area (Å²) in [6, 6.07) is 12.6. The van der Waals surface area contributed by atoms with E-state index >= 15 is 0 Å². The summed E-state index contributed by atoms with van der Waals surface area (Å²) in [4.78, 5) is 6.28. The Morgan fingerprint density at radius 3 is 2.89 bits per heavy atom. The Hall–Kier alpha value is -1.32. The number of halogens is 1. The molecule has 1 aromatic heterocycles. The summed E-state index contributed by atoms with van der Waals surface area (Å²) in [7, 11) is 1.61. The molecule has 1 aromatic carbocycles. The van der Waals surface area contributed by atoms with Crippen molar-refractivity contribution in [3.8, 4) is 0 Å². The third-order valence-corrected chi connectivity index (χ3v) is 4.70. The smallest absolute Gasteiger partial charge is 0.106 e. The molecule has 1 heterocycles. The van der Waals surface area contributed by atoms with E-state index in [9.17, 15) is 0 Å².